The standard InChI is InChI=1S/C10H17N3O/c1-7(9-4-5-9)13(3)6-10-12-11-8(2)14-10/h7,9H,4-6H2,1-3H3. The van der Waals surface area contributed by atoms with Crippen LogP contribution in [0.2, 0.25) is 0 Å². The molecule has 78 valence electrons. The van der Waals surface area contributed by atoms with E-state index in [9.17, 15) is 0 Å². The van der Waals surface area contributed by atoms with Gasteiger partial charge in [0.1, 0.15) is 0 Å². The molecule has 4 heteroatoms. The molecule has 0 aromatic carbocycles. The molecule has 4 nitrogen and oxygen atoms in total. The number of rotatable bonds is 4. The highest BCUT2D eigenvalue weighted by Crippen LogP contribution is 2.34. The molecule has 1 heterocycles. The molecule has 1 fully saturated rings. The molecule has 0 N–H and O–H groups in total. The monoisotopic (exact) mass is 195 g/mol. The van der Waals surface area contributed by atoms with Crippen molar-refractivity contribution in [1.29, 1.82) is 0 Å². The van der Waals surface area contributed by atoms with Crippen LogP contribution in [-0.2, 0) is 6.54 Å². The van der Waals surface area contributed by atoms with Gasteiger partial charge >= 0.3 is 0 Å². The largest absolute Gasteiger partial charge is 0.424 e. The summed E-state index contributed by atoms with van der Waals surface area (Å²) < 4.78 is 5.34. The van der Waals surface area contributed by atoms with E-state index in [2.05, 4.69) is 29.1 Å². The van der Waals surface area contributed by atoms with Crippen LogP contribution in [0.25, 0.3) is 0 Å². The lowest BCUT2D eigenvalue weighted by atomic mass is 10.2. The van der Waals surface area contributed by atoms with Crippen molar-refractivity contribution < 1.29 is 4.42 Å². The minimum absolute atomic E-state index is 0.627. The minimum atomic E-state index is 0.627. The van der Waals surface area contributed by atoms with Crippen LogP contribution in [0.3, 0.4) is 0 Å². The zero-order valence-electron chi connectivity index (χ0n) is 9.03. The van der Waals surface area contributed by atoms with Crippen LogP contribution in [0.15, 0.2) is 4.42 Å². The van der Waals surface area contributed by atoms with Crippen LogP contribution in [0.1, 0.15) is 31.5 Å². The average Bonchev–Trinajstić information content (AvgIpc) is 2.91. The van der Waals surface area contributed by atoms with E-state index in [-0.39, 0.29) is 0 Å². The Labute approximate surface area is 84.3 Å². The van der Waals surface area contributed by atoms with Gasteiger partial charge in [0.25, 0.3) is 0 Å². The van der Waals surface area contributed by atoms with Gasteiger partial charge in [-0.1, -0.05) is 0 Å². The van der Waals surface area contributed by atoms with Crippen LogP contribution < -0.4 is 0 Å². The van der Waals surface area contributed by atoms with Gasteiger partial charge in [0.15, 0.2) is 0 Å². The van der Waals surface area contributed by atoms with Crippen LogP contribution >= 0.6 is 0 Å². The van der Waals surface area contributed by atoms with Gasteiger partial charge in [-0.2, -0.15) is 0 Å². The van der Waals surface area contributed by atoms with Crippen molar-refractivity contribution in [3.8, 4) is 0 Å². The molecule has 0 aliphatic heterocycles. The Hall–Kier alpha value is -0.900. The van der Waals surface area contributed by atoms with Crippen molar-refractivity contribution in [2.45, 2.75) is 39.3 Å². The Morgan fingerprint density at radius 1 is 1.50 bits per heavy atom. The molecule has 0 bridgehead atoms. The molecular weight excluding hydrogens is 178 g/mol. The first-order chi connectivity index (χ1) is 6.66. The van der Waals surface area contributed by atoms with E-state index in [1.165, 1.54) is 12.8 Å². The molecule has 0 radical (unpaired) electrons. The van der Waals surface area contributed by atoms with Crippen molar-refractivity contribution in [1.82, 2.24) is 15.1 Å². The molecule has 0 amide bonds. The second-order valence-electron chi connectivity index (χ2n) is 4.21. The molecule has 1 aromatic heterocycles. The van der Waals surface area contributed by atoms with Gasteiger partial charge in [0.2, 0.25) is 11.8 Å². The molecule has 2 rings (SSSR count). The van der Waals surface area contributed by atoms with Crippen LogP contribution in [0.5, 0.6) is 0 Å². The van der Waals surface area contributed by atoms with Gasteiger partial charge in [-0.3, -0.25) is 4.90 Å². The predicted octanol–water partition coefficient (Wildman–Crippen LogP) is 1.61. The third-order valence-corrected chi connectivity index (χ3v) is 2.95. The first-order valence-electron chi connectivity index (χ1n) is 5.16. The zero-order chi connectivity index (χ0) is 10.1. The summed E-state index contributed by atoms with van der Waals surface area (Å²) in [6.07, 6.45) is 2.74. The third kappa shape index (κ3) is 2.12. The molecule has 1 aromatic rings. The maximum absolute atomic E-state index is 5.34. The van der Waals surface area contributed by atoms with Crippen molar-refractivity contribution >= 4 is 0 Å². The molecule has 0 saturated heterocycles. The summed E-state index contributed by atoms with van der Waals surface area (Å²) >= 11 is 0. The summed E-state index contributed by atoms with van der Waals surface area (Å²) in [5, 5.41) is 7.81. The van der Waals surface area contributed by atoms with Gasteiger partial charge in [-0.05, 0) is 32.7 Å². The topological polar surface area (TPSA) is 42.2 Å². The molecule has 1 saturated carbocycles. The van der Waals surface area contributed by atoms with Crippen molar-refractivity contribution in [3.63, 3.8) is 0 Å². The minimum Gasteiger partial charge on any atom is -0.424 e. The Balaban J connectivity index is 1.89. The third-order valence-electron chi connectivity index (χ3n) is 2.95. The smallest absolute Gasteiger partial charge is 0.230 e. The summed E-state index contributed by atoms with van der Waals surface area (Å²) in [6, 6.07) is 0.627. The quantitative estimate of drug-likeness (QED) is 0.732. The number of aryl methyl sites for hydroxylation is 1. The van der Waals surface area contributed by atoms with Crippen molar-refractivity contribution in [3.05, 3.63) is 11.8 Å². The summed E-state index contributed by atoms with van der Waals surface area (Å²) in [4.78, 5) is 2.28. The van der Waals surface area contributed by atoms with Gasteiger partial charge in [0, 0.05) is 13.0 Å². The van der Waals surface area contributed by atoms with Crippen molar-refractivity contribution in [2.24, 2.45) is 5.92 Å². The number of aromatic nitrogens is 2. The lowest BCUT2D eigenvalue weighted by Gasteiger charge is -2.22. The maximum atomic E-state index is 5.34. The normalized spacial score (nSPS) is 18.9. The van der Waals surface area contributed by atoms with Gasteiger partial charge in [-0.25, -0.2) is 0 Å². The predicted molar refractivity (Wildman–Crippen MR) is 52.7 cm³/mol. The molecule has 1 unspecified atom stereocenters. The van der Waals surface area contributed by atoms with Crippen LogP contribution in [-0.4, -0.2) is 28.2 Å². The lowest BCUT2D eigenvalue weighted by Crippen LogP contribution is -2.30. The number of hydrogen-bond donors (Lipinski definition) is 0. The van der Waals surface area contributed by atoms with E-state index < -0.39 is 0 Å². The van der Waals surface area contributed by atoms with Gasteiger partial charge in [-0.15, -0.1) is 10.2 Å². The van der Waals surface area contributed by atoms with Crippen LogP contribution in [0, 0.1) is 12.8 Å². The fourth-order valence-electron chi connectivity index (χ4n) is 1.70. The zero-order valence-corrected chi connectivity index (χ0v) is 9.03. The van der Waals surface area contributed by atoms with E-state index in [1.54, 1.807) is 0 Å². The Bertz CT molecular complexity index is 306. The first kappa shape index (κ1) is 9.65. The molecule has 14 heavy (non-hydrogen) atoms. The van der Waals surface area contributed by atoms with Crippen molar-refractivity contribution in [2.75, 3.05) is 7.05 Å². The Morgan fingerprint density at radius 2 is 2.21 bits per heavy atom. The molecule has 1 aliphatic rings. The van der Waals surface area contributed by atoms with E-state index in [4.69, 9.17) is 4.42 Å². The van der Waals surface area contributed by atoms with E-state index in [0.717, 1.165) is 18.4 Å². The molecule has 1 atom stereocenters. The second-order valence-corrected chi connectivity index (χ2v) is 4.21. The fraction of sp³-hybridized carbons (Fsp3) is 0.800. The molecule has 1 aliphatic carbocycles. The number of nitrogens with zero attached hydrogens (tertiary/aromatic N) is 3. The van der Waals surface area contributed by atoms with E-state index >= 15 is 0 Å². The highest BCUT2D eigenvalue weighted by atomic mass is 16.4. The first-order valence-corrected chi connectivity index (χ1v) is 5.16. The Morgan fingerprint density at radius 3 is 2.71 bits per heavy atom. The lowest BCUT2D eigenvalue weighted by molar-refractivity contribution is 0.205. The Kier molecular flexibility index (Phi) is 2.54. The molecule has 0 spiro atoms. The summed E-state index contributed by atoms with van der Waals surface area (Å²) in [7, 11) is 2.11. The fourth-order valence-corrected chi connectivity index (χ4v) is 1.70. The average molecular weight is 195 g/mol. The summed E-state index contributed by atoms with van der Waals surface area (Å²) in [5.74, 6) is 2.24. The highest BCUT2D eigenvalue weighted by molar-refractivity contribution is 4.86. The molecular formula is C10H17N3O. The van der Waals surface area contributed by atoms with Crippen LogP contribution in [0.4, 0.5) is 0 Å². The SMILES string of the molecule is Cc1nnc(CN(C)C(C)C2CC2)o1. The second kappa shape index (κ2) is 3.69. The highest BCUT2D eigenvalue weighted by Gasteiger charge is 2.30. The van der Waals surface area contributed by atoms with Gasteiger partial charge in [0.05, 0.1) is 6.54 Å². The number of hydrogen-bond acceptors (Lipinski definition) is 4. The summed E-state index contributed by atoms with van der Waals surface area (Å²) in [5.41, 5.74) is 0. The van der Waals surface area contributed by atoms with Gasteiger partial charge < -0.3 is 4.42 Å². The van der Waals surface area contributed by atoms with E-state index in [0.29, 0.717) is 11.9 Å². The summed E-state index contributed by atoms with van der Waals surface area (Å²) in [6.45, 7) is 4.85. The van der Waals surface area contributed by atoms with E-state index in [1.807, 2.05) is 6.92 Å². The maximum Gasteiger partial charge on any atom is 0.230 e.